The van der Waals surface area contributed by atoms with Gasteiger partial charge in [-0.05, 0) is 69.9 Å². The maximum atomic E-state index is 10.4. The van der Waals surface area contributed by atoms with Gasteiger partial charge in [0.05, 0.1) is 5.52 Å². The highest BCUT2D eigenvalue weighted by Gasteiger charge is 2.23. The summed E-state index contributed by atoms with van der Waals surface area (Å²) in [7, 11) is 0. The number of aliphatic hydroxyl groups is 1. The molecule has 3 aromatic rings. The van der Waals surface area contributed by atoms with E-state index in [2.05, 4.69) is 40.3 Å². The zero-order valence-corrected chi connectivity index (χ0v) is 18.9. The fourth-order valence-electron chi connectivity index (χ4n) is 4.70. The summed E-state index contributed by atoms with van der Waals surface area (Å²) in [4.78, 5) is 6.06. The molecule has 5 heteroatoms. The molecule has 2 heterocycles. The van der Waals surface area contributed by atoms with Gasteiger partial charge in [0.2, 0.25) is 0 Å². The molecule has 0 aliphatic carbocycles. The van der Waals surface area contributed by atoms with E-state index in [0.29, 0.717) is 5.92 Å². The Balaban J connectivity index is 1.37. The number of rotatable bonds is 10. The first-order valence-corrected chi connectivity index (χ1v) is 12.0. The molecule has 0 spiro atoms. The van der Waals surface area contributed by atoms with Gasteiger partial charge < -0.3 is 19.7 Å². The second kappa shape index (κ2) is 10.5. The maximum absolute atomic E-state index is 10.4. The van der Waals surface area contributed by atoms with Crippen LogP contribution in [0.5, 0.6) is 5.75 Å². The fourth-order valence-corrected chi connectivity index (χ4v) is 4.70. The van der Waals surface area contributed by atoms with Gasteiger partial charge in [0.25, 0.3) is 0 Å². The van der Waals surface area contributed by atoms with Crippen molar-refractivity contribution >= 4 is 21.8 Å². The van der Waals surface area contributed by atoms with Gasteiger partial charge in [0.15, 0.2) is 6.23 Å². The van der Waals surface area contributed by atoms with Crippen LogP contribution in [-0.2, 0) is 0 Å². The van der Waals surface area contributed by atoms with Gasteiger partial charge in [-0.3, -0.25) is 5.32 Å². The van der Waals surface area contributed by atoms with Gasteiger partial charge in [-0.15, -0.1) is 0 Å². The first kappa shape index (κ1) is 22.1. The Kier molecular flexibility index (Phi) is 7.49. The second-order valence-electron chi connectivity index (χ2n) is 9.03. The number of aromatic nitrogens is 1. The summed E-state index contributed by atoms with van der Waals surface area (Å²) in [5, 5.41) is 16.1. The normalized spacial score (nSPS) is 17.9. The molecule has 5 nitrogen and oxygen atoms in total. The molecule has 0 saturated carbocycles. The lowest BCUT2D eigenvalue weighted by Gasteiger charge is -2.33. The van der Waals surface area contributed by atoms with Crippen LogP contribution in [0.15, 0.2) is 42.5 Å². The Morgan fingerprint density at radius 2 is 1.87 bits per heavy atom. The molecule has 1 fully saturated rings. The largest absolute Gasteiger partial charge is 0.472 e. The van der Waals surface area contributed by atoms with Crippen LogP contribution in [0, 0.1) is 5.92 Å². The number of para-hydroxylation sites is 1. The predicted octanol–water partition coefficient (Wildman–Crippen LogP) is 4.90. The highest BCUT2D eigenvalue weighted by molar-refractivity contribution is 6.10. The molecule has 31 heavy (non-hydrogen) atoms. The SMILES string of the molecule is CCCCCN1CCC(CNC(Oc2cccc3[nH]c4ccccc4c23)[C@H](C)O)CC1. The highest BCUT2D eigenvalue weighted by atomic mass is 16.5. The van der Waals surface area contributed by atoms with Crippen LogP contribution in [0.25, 0.3) is 21.8 Å². The monoisotopic (exact) mass is 423 g/mol. The Morgan fingerprint density at radius 1 is 1.10 bits per heavy atom. The number of aromatic amines is 1. The number of ether oxygens (including phenoxy) is 1. The summed E-state index contributed by atoms with van der Waals surface area (Å²) in [6, 6.07) is 14.3. The van der Waals surface area contributed by atoms with Gasteiger partial charge in [-0.2, -0.15) is 0 Å². The third kappa shape index (κ3) is 5.40. The quantitative estimate of drug-likeness (QED) is 0.321. The van der Waals surface area contributed by atoms with E-state index in [0.717, 1.165) is 34.1 Å². The van der Waals surface area contributed by atoms with Crippen molar-refractivity contribution in [1.29, 1.82) is 0 Å². The predicted molar refractivity (Wildman–Crippen MR) is 129 cm³/mol. The van der Waals surface area contributed by atoms with E-state index < -0.39 is 12.3 Å². The molecule has 0 amide bonds. The number of H-pyrrole nitrogens is 1. The summed E-state index contributed by atoms with van der Waals surface area (Å²) in [5.41, 5.74) is 2.15. The summed E-state index contributed by atoms with van der Waals surface area (Å²) < 4.78 is 6.34. The van der Waals surface area contributed by atoms with Gasteiger partial charge in [-0.1, -0.05) is 44.0 Å². The Labute approximate surface area is 185 Å². The van der Waals surface area contributed by atoms with Crippen molar-refractivity contribution in [3.63, 3.8) is 0 Å². The van der Waals surface area contributed by atoms with E-state index in [9.17, 15) is 5.11 Å². The van der Waals surface area contributed by atoms with Crippen molar-refractivity contribution in [3.05, 3.63) is 42.5 Å². The Bertz CT molecular complexity index is 960. The number of benzene rings is 2. The number of fused-ring (bicyclic) bond motifs is 3. The molecule has 1 aromatic heterocycles. The maximum Gasteiger partial charge on any atom is 0.176 e. The molecule has 1 aliphatic rings. The zero-order valence-electron chi connectivity index (χ0n) is 18.9. The van der Waals surface area contributed by atoms with Crippen LogP contribution in [-0.4, -0.2) is 53.5 Å². The minimum atomic E-state index is -0.602. The van der Waals surface area contributed by atoms with E-state index in [1.165, 1.54) is 51.7 Å². The molecule has 3 N–H and O–H groups in total. The Hall–Kier alpha value is -2.08. The van der Waals surface area contributed by atoms with Crippen molar-refractivity contribution in [2.45, 2.75) is 58.3 Å². The van der Waals surface area contributed by atoms with Crippen molar-refractivity contribution in [3.8, 4) is 5.75 Å². The standard InChI is InChI=1S/C26H37N3O2/c1-3-4-7-15-29-16-13-20(14-17-29)18-27-26(19(2)30)31-24-12-8-11-23-25(24)21-9-5-6-10-22(21)28-23/h5-6,8-12,19-20,26-28,30H,3-4,7,13-18H2,1-2H3/t19-,26?/m0/s1. The topological polar surface area (TPSA) is 60.5 Å². The van der Waals surface area contributed by atoms with E-state index >= 15 is 0 Å². The molecule has 0 radical (unpaired) electrons. The number of piperidine rings is 1. The van der Waals surface area contributed by atoms with E-state index in [1.54, 1.807) is 6.92 Å². The molecule has 1 unspecified atom stereocenters. The highest BCUT2D eigenvalue weighted by Crippen LogP contribution is 2.33. The zero-order chi connectivity index (χ0) is 21.6. The summed E-state index contributed by atoms with van der Waals surface area (Å²) in [6.07, 6.45) is 5.33. The molecular weight excluding hydrogens is 386 g/mol. The molecule has 2 aromatic carbocycles. The third-order valence-electron chi connectivity index (χ3n) is 6.58. The molecule has 4 rings (SSSR count). The number of hydrogen-bond donors (Lipinski definition) is 3. The van der Waals surface area contributed by atoms with E-state index in [4.69, 9.17) is 4.74 Å². The number of likely N-dealkylation sites (tertiary alicyclic amines) is 1. The Morgan fingerprint density at radius 3 is 2.65 bits per heavy atom. The van der Waals surface area contributed by atoms with E-state index in [-0.39, 0.29) is 0 Å². The molecule has 2 atom stereocenters. The lowest BCUT2D eigenvalue weighted by atomic mass is 9.96. The molecule has 1 aliphatic heterocycles. The first-order chi connectivity index (χ1) is 15.2. The van der Waals surface area contributed by atoms with Gasteiger partial charge in [0, 0.05) is 22.8 Å². The van der Waals surface area contributed by atoms with Crippen molar-refractivity contribution < 1.29 is 9.84 Å². The summed E-state index contributed by atoms with van der Waals surface area (Å²) >= 11 is 0. The fraction of sp³-hybridized carbons (Fsp3) is 0.538. The molecular formula is C26H37N3O2. The average Bonchev–Trinajstić information content (AvgIpc) is 3.17. The molecule has 168 valence electrons. The molecule has 0 bridgehead atoms. The van der Waals surface area contributed by atoms with Crippen LogP contribution < -0.4 is 10.1 Å². The van der Waals surface area contributed by atoms with Crippen LogP contribution in [0.2, 0.25) is 0 Å². The smallest absolute Gasteiger partial charge is 0.176 e. The number of nitrogens with zero attached hydrogens (tertiary/aromatic N) is 1. The van der Waals surface area contributed by atoms with Gasteiger partial charge in [-0.25, -0.2) is 0 Å². The first-order valence-electron chi connectivity index (χ1n) is 12.0. The van der Waals surface area contributed by atoms with Crippen LogP contribution in [0.4, 0.5) is 0 Å². The summed E-state index contributed by atoms with van der Waals surface area (Å²) in [6.45, 7) is 8.54. The number of aliphatic hydroxyl groups excluding tert-OH is 1. The lowest BCUT2D eigenvalue weighted by Crippen LogP contribution is -2.46. The number of hydrogen-bond acceptors (Lipinski definition) is 4. The minimum absolute atomic E-state index is 0.429. The van der Waals surface area contributed by atoms with E-state index in [1.807, 2.05) is 24.3 Å². The lowest BCUT2D eigenvalue weighted by molar-refractivity contribution is 0.0231. The minimum Gasteiger partial charge on any atom is -0.472 e. The number of nitrogens with one attached hydrogen (secondary N) is 2. The van der Waals surface area contributed by atoms with Gasteiger partial charge in [0.1, 0.15) is 11.9 Å². The molecule has 1 saturated heterocycles. The van der Waals surface area contributed by atoms with Crippen LogP contribution >= 0.6 is 0 Å². The van der Waals surface area contributed by atoms with Crippen LogP contribution in [0.3, 0.4) is 0 Å². The van der Waals surface area contributed by atoms with Crippen LogP contribution in [0.1, 0.15) is 46.0 Å². The van der Waals surface area contributed by atoms with Gasteiger partial charge >= 0.3 is 0 Å². The number of unbranched alkanes of at least 4 members (excludes halogenated alkanes) is 2. The second-order valence-corrected chi connectivity index (χ2v) is 9.03. The van der Waals surface area contributed by atoms with Crippen molar-refractivity contribution in [2.24, 2.45) is 5.92 Å². The average molecular weight is 424 g/mol. The summed E-state index contributed by atoms with van der Waals surface area (Å²) in [5.74, 6) is 1.44. The van der Waals surface area contributed by atoms with Crippen molar-refractivity contribution in [2.75, 3.05) is 26.2 Å². The van der Waals surface area contributed by atoms with Crippen molar-refractivity contribution in [1.82, 2.24) is 15.2 Å². The third-order valence-corrected chi connectivity index (χ3v) is 6.58.